The largest absolute Gasteiger partial charge is 0.496 e. The molecule has 2 fully saturated rings. The van der Waals surface area contributed by atoms with Gasteiger partial charge in [-0.25, -0.2) is 9.29 Å². The van der Waals surface area contributed by atoms with Crippen LogP contribution in [0, 0.1) is 17.7 Å². The first-order chi connectivity index (χ1) is 17.4. The molecule has 0 radical (unpaired) electrons. The number of Topliss-reactive ketones (excluding diaryl/α,β-unsaturated/α-hetero) is 1. The maximum Gasteiger partial charge on any atom is 0.240 e. The maximum absolute atomic E-state index is 14.1. The first-order valence-corrected chi connectivity index (χ1v) is 12.3. The second-order valence-corrected chi connectivity index (χ2v) is 9.87. The molecule has 0 N–H and O–H groups in total. The van der Waals surface area contributed by atoms with Crippen LogP contribution in [0.15, 0.2) is 77.3 Å². The van der Waals surface area contributed by atoms with Crippen LogP contribution in [-0.4, -0.2) is 36.8 Å². The first-order valence-electron chi connectivity index (χ1n) is 11.5. The summed E-state index contributed by atoms with van der Waals surface area (Å²) in [5.41, 5.74) is 2.42. The van der Waals surface area contributed by atoms with Crippen LogP contribution in [0.25, 0.3) is 6.08 Å². The fourth-order valence-corrected chi connectivity index (χ4v) is 6.19. The van der Waals surface area contributed by atoms with Gasteiger partial charge in [0.15, 0.2) is 5.78 Å². The minimum Gasteiger partial charge on any atom is -0.496 e. The molecule has 0 unspecified atom stereocenters. The van der Waals surface area contributed by atoms with Gasteiger partial charge in [-0.15, -0.1) is 0 Å². The predicted molar refractivity (Wildman–Crippen MR) is 136 cm³/mol. The van der Waals surface area contributed by atoms with Gasteiger partial charge in [0.25, 0.3) is 0 Å². The normalized spacial score (nSPS) is 24.0. The molecule has 3 aliphatic rings. The number of rotatable bonds is 4. The Morgan fingerprint density at radius 2 is 1.69 bits per heavy atom. The van der Waals surface area contributed by atoms with Crippen molar-refractivity contribution in [3.05, 3.63) is 94.2 Å². The number of hydrogen-bond donors (Lipinski definition) is 0. The van der Waals surface area contributed by atoms with Crippen molar-refractivity contribution >= 4 is 51.0 Å². The molecule has 6 nitrogen and oxygen atoms in total. The summed E-state index contributed by atoms with van der Waals surface area (Å²) in [6, 6.07) is 16.5. The summed E-state index contributed by atoms with van der Waals surface area (Å²) in [5, 5.41) is 0. The smallest absolute Gasteiger partial charge is 0.240 e. The summed E-state index contributed by atoms with van der Waals surface area (Å²) < 4.78 is 19.5. The lowest BCUT2D eigenvalue weighted by atomic mass is 9.86. The fourth-order valence-electron chi connectivity index (χ4n) is 5.65. The zero-order valence-electron chi connectivity index (χ0n) is 19.1. The van der Waals surface area contributed by atoms with Crippen LogP contribution in [0.3, 0.4) is 0 Å². The van der Waals surface area contributed by atoms with Crippen molar-refractivity contribution in [2.45, 2.75) is 12.1 Å². The molecule has 0 aliphatic carbocycles. The molecule has 8 heteroatoms. The standard InChI is InChI=1S/C28H20BrFN2O4/c1-36-22-13-7-16(14-19(22)29)26(33)25-24-23(21-12-6-15-4-2-3-5-20(15)32(21)25)27(34)31(28(24)35)18-10-8-17(30)9-11-18/h2-14,21,23-25H,1H3/t21-,23-,24-,25+/m0/s1. The molecule has 0 saturated carbocycles. The number of carbonyl (C=O) groups is 3. The summed E-state index contributed by atoms with van der Waals surface area (Å²) >= 11 is 3.44. The van der Waals surface area contributed by atoms with E-state index in [-0.39, 0.29) is 11.7 Å². The quantitative estimate of drug-likeness (QED) is 0.345. The number of halogens is 2. The van der Waals surface area contributed by atoms with E-state index >= 15 is 0 Å². The SMILES string of the molecule is COc1ccc(C(=O)[C@H]2[C@H]3C(=O)N(c4ccc(F)cc4)C(=O)[C@H]3[C@@H]3C=Cc4ccccc4N32)cc1Br. The lowest BCUT2D eigenvalue weighted by Crippen LogP contribution is -2.48. The topological polar surface area (TPSA) is 66.9 Å². The van der Waals surface area contributed by atoms with Gasteiger partial charge >= 0.3 is 0 Å². The van der Waals surface area contributed by atoms with Crippen LogP contribution >= 0.6 is 15.9 Å². The Labute approximate surface area is 215 Å². The van der Waals surface area contributed by atoms with E-state index in [1.807, 2.05) is 41.3 Å². The van der Waals surface area contributed by atoms with Crippen molar-refractivity contribution in [3.63, 3.8) is 0 Å². The van der Waals surface area contributed by atoms with Crippen molar-refractivity contribution < 1.29 is 23.5 Å². The van der Waals surface area contributed by atoms with Gasteiger partial charge in [-0.2, -0.15) is 0 Å². The third-order valence-corrected chi connectivity index (χ3v) is 7.82. The summed E-state index contributed by atoms with van der Waals surface area (Å²) in [5.74, 6) is -2.63. The number of anilines is 2. The fraction of sp³-hybridized carbons (Fsp3) is 0.179. The minimum absolute atomic E-state index is 0.261. The molecule has 0 spiro atoms. The van der Waals surface area contributed by atoms with Crippen molar-refractivity contribution in [1.29, 1.82) is 0 Å². The average molecular weight is 547 g/mol. The molecule has 3 heterocycles. The molecule has 2 saturated heterocycles. The predicted octanol–water partition coefficient (Wildman–Crippen LogP) is 4.87. The van der Waals surface area contributed by atoms with Crippen LogP contribution in [0.4, 0.5) is 15.8 Å². The Morgan fingerprint density at radius 1 is 0.972 bits per heavy atom. The van der Waals surface area contributed by atoms with E-state index in [1.54, 1.807) is 18.2 Å². The Balaban J connectivity index is 1.48. The second kappa shape index (κ2) is 8.41. The van der Waals surface area contributed by atoms with Gasteiger partial charge < -0.3 is 9.64 Å². The van der Waals surface area contributed by atoms with Gasteiger partial charge in [-0.1, -0.05) is 30.4 Å². The van der Waals surface area contributed by atoms with Crippen LogP contribution in [0.2, 0.25) is 0 Å². The third kappa shape index (κ3) is 3.24. The summed E-state index contributed by atoms with van der Waals surface area (Å²) in [4.78, 5) is 44.6. The average Bonchev–Trinajstić information content (AvgIpc) is 3.37. The van der Waals surface area contributed by atoms with Crippen LogP contribution in [0.1, 0.15) is 15.9 Å². The number of ether oxygens (including phenoxy) is 1. The maximum atomic E-state index is 14.1. The van der Waals surface area contributed by atoms with Crippen molar-refractivity contribution in [3.8, 4) is 5.75 Å². The molecule has 0 aromatic heterocycles. The molecule has 6 rings (SSSR count). The van der Waals surface area contributed by atoms with E-state index in [0.29, 0.717) is 21.5 Å². The van der Waals surface area contributed by atoms with E-state index < -0.39 is 35.6 Å². The molecule has 36 heavy (non-hydrogen) atoms. The highest BCUT2D eigenvalue weighted by Crippen LogP contribution is 2.50. The monoisotopic (exact) mass is 546 g/mol. The number of fused-ring (bicyclic) bond motifs is 5. The molecule has 3 aromatic rings. The number of hydrogen-bond acceptors (Lipinski definition) is 5. The summed E-state index contributed by atoms with van der Waals surface area (Å²) in [6.45, 7) is 0. The Bertz CT molecular complexity index is 1450. The lowest BCUT2D eigenvalue weighted by molar-refractivity contribution is -0.122. The number of ketones is 1. The van der Waals surface area contributed by atoms with Gasteiger partial charge in [-0.3, -0.25) is 14.4 Å². The Hall–Kier alpha value is -3.78. The Morgan fingerprint density at radius 3 is 2.42 bits per heavy atom. The number of imide groups is 1. The van der Waals surface area contributed by atoms with Gasteiger partial charge in [0.1, 0.15) is 17.6 Å². The zero-order chi connectivity index (χ0) is 25.1. The van der Waals surface area contributed by atoms with Gasteiger partial charge in [0.05, 0.1) is 35.1 Å². The van der Waals surface area contributed by atoms with E-state index in [0.717, 1.165) is 16.2 Å². The van der Waals surface area contributed by atoms with E-state index in [1.165, 1.54) is 31.4 Å². The molecular weight excluding hydrogens is 527 g/mol. The number of carbonyl (C=O) groups excluding carboxylic acids is 3. The molecule has 4 atom stereocenters. The van der Waals surface area contributed by atoms with Crippen molar-refractivity contribution in [2.24, 2.45) is 11.8 Å². The van der Waals surface area contributed by atoms with Crippen LogP contribution in [-0.2, 0) is 9.59 Å². The number of nitrogens with zero attached hydrogens (tertiary/aromatic N) is 2. The highest BCUT2D eigenvalue weighted by Gasteiger charge is 2.64. The molecular formula is C28H20BrFN2O4. The molecule has 180 valence electrons. The number of amides is 2. The van der Waals surface area contributed by atoms with E-state index in [9.17, 15) is 18.8 Å². The minimum atomic E-state index is -0.895. The Kier molecular flexibility index (Phi) is 5.30. The molecule has 2 amide bonds. The molecule has 3 aromatic carbocycles. The van der Waals surface area contributed by atoms with E-state index in [4.69, 9.17) is 4.74 Å². The molecule has 0 bridgehead atoms. The lowest BCUT2D eigenvalue weighted by Gasteiger charge is -2.36. The van der Waals surface area contributed by atoms with Crippen LogP contribution < -0.4 is 14.5 Å². The van der Waals surface area contributed by atoms with Gasteiger partial charge in [-0.05, 0) is 70.0 Å². The van der Waals surface area contributed by atoms with E-state index in [2.05, 4.69) is 15.9 Å². The van der Waals surface area contributed by atoms with Crippen LogP contribution in [0.5, 0.6) is 5.75 Å². The van der Waals surface area contributed by atoms with Gasteiger partial charge in [0.2, 0.25) is 11.8 Å². The summed E-state index contributed by atoms with van der Waals surface area (Å²) in [7, 11) is 1.54. The van der Waals surface area contributed by atoms with Gasteiger partial charge in [0, 0.05) is 11.3 Å². The first kappa shape index (κ1) is 22.7. The van der Waals surface area contributed by atoms with Crippen molar-refractivity contribution in [1.82, 2.24) is 0 Å². The number of methoxy groups -OCH3 is 1. The number of para-hydroxylation sites is 1. The van der Waals surface area contributed by atoms with Crippen molar-refractivity contribution in [2.75, 3.05) is 16.9 Å². The summed E-state index contributed by atoms with van der Waals surface area (Å²) in [6.07, 6.45) is 3.83. The number of benzene rings is 3. The zero-order valence-corrected chi connectivity index (χ0v) is 20.7. The third-order valence-electron chi connectivity index (χ3n) is 7.20. The highest BCUT2D eigenvalue weighted by molar-refractivity contribution is 9.10. The highest BCUT2D eigenvalue weighted by atomic mass is 79.9. The second-order valence-electron chi connectivity index (χ2n) is 9.01. The molecule has 3 aliphatic heterocycles.